The SMILES string of the molecule is Cc1cc(S(=O)(=O)N(C)C)cc(NC(=O)CN2CCCC2c2ccccc2)c1C. The Kier molecular flexibility index (Phi) is 6.41. The minimum absolute atomic E-state index is 0.130. The molecule has 1 saturated heterocycles. The minimum atomic E-state index is -3.57. The van der Waals surface area contributed by atoms with Crippen LogP contribution in [0.1, 0.15) is 35.6 Å². The second kappa shape index (κ2) is 8.65. The maximum absolute atomic E-state index is 12.8. The first-order valence-corrected chi connectivity index (χ1v) is 11.3. The van der Waals surface area contributed by atoms with Gasteiger partial charge in [0.05, 0.1) is 11.4 Å². The van der Waals surface area contributed by atoms with Gasteiger partial charge in [-0.15, -0.1) is 0 Å². The maximum atomic E-state index is 12.8. The van der Waals surface area contributed by atoms with Crippen LogP contribution in [0.5, 0.6) is 0 Å². The van der Waals surface area contributed by atoms with Gasteiger partial charge in [-0.05, 0) is 62.1 Å². The molecule has 1 heterocycles. The second-order valence-electron chi connectivity index (χ2n) is 7.79. The number of rotatable bonds is 6. The zero-order valence-electron chi connectivity index (χ0n) is 17.5. The lowest BCUT2D eigenvalue weighted by atomic mass is 10.0. The van der Waals surface area contributed by atoms with Crippen molar-refractivity contribution in [2.45, 2.75) is 37.6 Å². The van der Waals surface area contributed by atoms with Gasteiger partial charge in [0.1, 0.15) is 0 Å². The number of nitrogens with one attached hydrogen (secondary N) is 1. The molecule has 7 heteroatoms. The second-order valence-corrected chi connectivity index (χ2v) is 9.94. The van der Waals surface area contributed by atoms with Crippen LogP contribution < -0.4 is 5.32 Å². The Morgan fingerprint density at radius 2 is 1.86 bits per heavy atom. The molecule has 1 amide bonds. The summed E-state index contributed by atoms with van der Waals surface area (Å²) in [5.74, 6) is -0.130. The van der Waals surface area contributed by atoms with Crippen LogP contribution in [0.15, 0.2) is 47.4 Å². The van der Waals surface area contributed by atoms with Crippen LogP contribution in [0.25, 0.3) is 0 Å². The third-order valence-electron chi connectivity index (χ3n) is 5.59. The number of aryl methyl sites for hydroxylation is 1. The van der Waals surface area contributed by atoms with E-state index in [1.165, 1.54) is 24.0 Å². The zero-order chi connectivity index (χ0) is 21.2. The first kappa shape index (κ1) is 21.5. The van der Waals surface area contributed by atoms with Crippen LogP contribution in [0.2, 0.25) is 0 Å². The summed E-state index contributed by atoms with van der Waals surface area (Å²) in [5.41, 5.74) is 3.47. The van der Waals surface area contributed by atoms with E-state index in [9.17, 15) is 13.2 Å². The first-order valence-electron chi connectivity index (χ1n) is 9.83. The number of hydrogen-bond acceptors (Lipinski definition) is 4. The van der Waals surface area contributed by atoms with E-state index in [2.05, 4.69) is 22.3 Å². The number of amides is 1. The van der Waals surface area contributed by atoms with E-state index in [4.69, 9.17) is 0 Å². The fourth-order valence-corrected chi connectivity index (χ4v) is 4.77. The first-order chi connectivity index (χ1) is 13.7. The lowest BCUT2D eigenvalue weighted by Crippen LogP contribution is -2.33. The van der Waals surface area contributed by atoms with Crippen molar-refractivity contribution in [2.24, 2.45) is 0 Å². The third kappa shape index (κ3) is 4.69. The predicted octanol–water partition coefficient (Wildman–Crippen LogP) is 3.33. The molecule has 0 saturated carbocycles. The molecule has 1 atom stereocenters. The molecule has 156 valence electrons. The molecule has 6 nitrogen and oxygen atoms in total. The molecule has 0 aliphatic carbocycles. The number of anilines is 1. The summed E-state index contributed by atoms with van der Waals surface area (Å²) in [5, 5.41) is 2.94. The molecule has 3 rings (SSSR count). The molecule has 0 radical (unpaired) electrons. The minimum Gasteiger partial charge on any atom is -0.325 e. The molecule has 2 aromatic carbocycles. The van der Waals surface area contributed by atoms with Crippen molar-refractivity contribution in [1.82, 2.24) is 9.21 Å². The van der Waals surface area contributed by atoms with Gasteiger partial charge in [-0.1, -0.05) is 30.3 Å². The Bertz CT molecular complexity index is 988. The molecule has 1 aliphatic rings. The van der Waals surface area contributed by atoms with E-state index in [-0.39, 0.29) is 23.4 Å². The van der Waals surface area contributed by atoms with Crippen molar-refractivity contribution in [3.63, 3.8) is 0 Å². The zero-order valence-corrected chi connectivity index (χ0v) is 18.3. The largest absolute Gasteiger partial charge is 0.325 e. The summed E-state index contributed by atoms with van der Waals surface area (Å²) in [6.45, 7) is 4.90. The normalized spacial score (nSPS) is 17.6. The Morgan fingerprint density at radius 3 is 2.52 bits per heavy atom. The summed E-state index contributed by atoms with van der Waals surface area (Å²) in [6, 6.07) is 13.7. The Hall–Kier alpha value is -2.22. The number of sulfonamides is 1. The number of benzene rings is 2. The number of nitrogens with zero attached hydrogens (tertiary/aromatic N) is 2. The van der Waals surface area contributed by atoms with Crippen molar-refractivity contribution in [3.05, 3.63) is 59.2 Å². The lowest BCUT2D eigenvalue weighted by molar-refractivity contribution is -0.117. The number of likely N-dealkylation sites (tertiary alicyclic amines) is 1. The van der Waals surface area contributed by atoms with Gasteiger partial charge >= 0.3 is 0 Å². The van der Waals surface area contributed by atoms with E-state index in [1.807, 2.05) is 32.0 Å². The molecule has 1 aliphatic heterocycles. The van der Waals surface area contributed by atoms with Crippen molar-refractivity contribution < 1.29 is 13.2 Å². The highest BCUT2D eigenvalue weighted by Crippen LogP contribution is 2.31. The highest BCUT2D eigenvalue weighted by atomic mass is 32.2. The van der Waals surface area contributed by atoms with Crippen LogP contribution in [0, 0.1) is 13.8 Å². The van der Waals surface area contributed by atoms with Gasteiger partial charge in [0.2, 0.25) is 15.9 Å². The molecule has 1 N–H and O–H groups in total. The molecule has 0 aromatic heterocycles. The van der Waals surface area contributed by atoms with Crippen molar-refractivity contribution >= 4 is 21.6 Å². The fourth-order valence-electron chi connectivity index (χ4n) is 3.76. The summed E-state index contributed by atoms with van der Waals surface area (Å²) in [6.07, 6.45) is 2.09. The molecule has 29 heavy (non-hydrogen) atoms. The number of hydrogen-bond donors (Lipinski definition) is 1. The molecule has 0 spiro atoms. The number of carbonyl (C=O) groups excluding carboxylic acids is 1. The quantitative estimate of drug-likeness (QED) is 0.786. The van der Waals surface area contributed by atoms with Crippen molar-refractivity contribution in [2.75, 3.05) is 32.5 Å². The predicted molar refractivity (Wildman–Crippen MR) is 115 cm³/mol. The van der Waals surface area contributed by atoms with E-state index in [0.29, 0.717) is 5.69 Å². The van der Waals surface area contributed by atoms with Crippen LogP contribution in [0.4, 0.5) is 5.69 Å². The van der Waals surface area contributed by atoms with Crippen molar-refractivity contribution in [1.29, 1.82) is 0 Å². The van der Waals surface area contributed by atoms with Gasteiger partial charge in [0.25, 0.3) is 0 Å². The summed E-state index contributed by atoms with van der Waals surface area (Å²) in [7, 11) is -0.570. The topological polar surface area (TPSA) is 69.7 Å². The van der Waals surface area contributed by atoms with Crippen LogP contribution in [-0.2, 0) is 14.8 Å². The van der Waals surface area contributed by atoms with Crippen LogP contribution >= 0.6 is 0 Å². The van der Waals surface area contributed by atoms with Crippen molar-refractivity contribution in [3.8, 4) is 0 Å². The average Bonchev–Trinajstić information content (AvgIpc) is 3.13. The van der Waals surface area contributed by atoms with Gasteiger partial charge in [-0.3, -0.25) is 9.69 Å². The molecule has 0 bridgehead atoms. The molecule has 1 unspecified atom stereocenters. The highest BCUT2D eigenvalue weighted by molar-refractivity contribution is 7.89. The van der Waals surface area contributed by atoms with Crippen LogP contribution in [-0.4, -0.2) is 50.7 Å². The molecular formula is C22H29N3O3S. The Labute approximate surface area is 173 Å². The number of carbonyl (C=O) groups is 1. The smallest absolute Gasteiger partial charge is 0.242 e. The summed E-state index contributed by atoms with van der Waals surface area (Å²) < 4.78 is 26.2. The van der Waals surface area contributed by atoms with E-state index < -0.39 is 10.0 Å². The van der Waals surface area contributed by atoms with Crippen LogP contribution in [0.3, 0.4) is 0 Å². The van der Waals surface area contributed by atoms with E-state index >= 15 is 0 Å². The Morgan fingerprint density at radius 1 is 1.17 bits per heavy atom. The summed E-state index contributed by atoms with van der Waals surface area (Å²) >= 11 is 0. The third-order valence-corrected chi connectivity index (χ3v) is 7.38. The Balaban J connectivity index is 1.78. The molecular weight excluding hydrogens is 386 g/mol. The lowest BCUT2D eigenvalue weighted by Gasteiger charge is -2.24. The van der Waals surface area contributed by atoms with Gasteiger partial charge in [0, 0.05) is 25.8 Å². The standard InChI is InChI=1S/C22H29N3O3S/c1-16-13-19(29(27,28)24(3)4)14-20(17(16)2)23-22(26)15-25-12-8-11-21(25)18-9-6-5-7-10-18/h5-7,9-10,13-14,21H,8,11-12,15H2,1-4H3,(H,23,26). The maximum Gasteiger partial charge on any atom is 0.242 e. The van der Waals surface area contributed by atoms with Gasteiger partial charge in [0.15, 0.2) is 0 Å². The molecule has 2 aromatic rings. The van der Waals surface area contributed by atoms with Gasteiger partial charge in [-0.25, -0.2) is 12.7 Å². The summed E-state index contributed by atoms with van der Waals surface area (Å²) in [4.78, 5) is 15.2. The monoisotopic (exact) mass is 415 g/mol. The van der Waals surface area contributed by atoms with E-state index in [0.717, 1.165) is 30.5 Å². The van der Waals surface area contributed by atoms with E-state index in [1.54, 1.807) is 12.1 Å². The highest BCUT2D eigenvalue weighted by Gasteiger charge is 2.28. The fraction of sp³-hybridized carbons (Fsp3) is 0.409. The van der Waals surface area contributed by atoms with Gasteiger partial charge in [-0.2, -0.15) is 0 Å². The van der Waals surface area contributed by atoms with Gasteiger partial charge < -0.3 is 5.32 Å². The average molecular weight is 416 g/mol. The molecule has 1 fully saturated rings.